The number of aromatic nitrogens is 2. The molecule has 0 saturated carbocycles. The van der Waals surface area contributed by atoms with E-state index >= 15 is 0 Å². The fourth-order valence-electron chi connectivity index (χ4n) is 4.60. The van der Waals surface area contributed by atoms with Gasteiger partial charge in [-0.2, -0.15) is 0 Å². The molecule has 0 bridgehead atoms. The number of ketones is 1. The van der Waals surface area contributed by atoms with Crippen molar-refractivity contribution in [2.45, 2.75) is 38.8 Å². The summed E-state index contributed by atoms with van der Waals surface area (Å²) in [6.07, 6.45) is 5.93. The summed E-state index contributed by atoms with van der Waals surface area (Å²) < 4.78 is 7.72. The van der Waals surface area contributed by atoms with E-state index in [0.29, 0.717) is 31.0 Å². The number of fused-ring (bicyclic) bond motifs is 1. The summed E-state index contributed by atoms with van der Waals surface area (Å²) in [5.41, 5.74) is 2.56. The lowest BCUT2D eigenvalue weighted by Gasteiger charge is -2.27. The number of rotatable bonds is 8. The Kier molecular flexibility index (Phi) is 5.99. The standard InChI is InChI=1S/C28H27N3O4/c1-18(2)19-8-10-20(11-9-19)25-24(26(32)23-16-21-6-3-4-7-22(21)35-23)27(33)28(34)31(25)14-5-13-30-15-12-29-17-30/h3-4,6-12,15-18,25,33H,5,13-14H2,1-2H3. The van der Waals surface area contributed by atoms with E-state index in [0.717, 1.165) is 16.5 Å². The highest BCUT2D eigenvalue weighted by molar-refractivity contribution is 6.16. The third kappa shape index (κ3) is 4.25. The van der Waals surface area contributed by atoms with Crippen LogP contribution in [0.1, 0.15) is 53.9 Å². The highest BCUT2D eigenvalue weighted by atomic mass is 16.3. The van der Waals surface area contributed by atoms with Gasteiger partial charge in [0.1, 0.15) is 5.58 Å². The van der Waals surface area contributed by atoms with Crippen LogP contribution in [0.5, 0.6) is 0 Å². The number of furan rings is 1. The van der Waals surface area contributed by atoms with Gasteiger partial charge in [-0.1, -0.05) is 56.3 Å². The van der Waals surface area contributed by atoms with Crippen molar-refractivity contribution in [3.8, 4) is 0 Å². The first-order valence-electron chi connectivity index (χ1n) is 11.8. The fraction of sp³-hybridized carbons (Fsp3) is 0.250. The summed E-state index contributed by atoms with van der Waals surface area (Å²) in [7, 11) is 0. The van der Waals surface area contributed by atoms with E-state index < -0.39 is 23.5 Å². The SMILES string of the molecule is CC(C)c1ccc(C2C(C(=O)c3cc4ccccc4o3)=C(O)C(=O)N2CCCn2ccnc2)cc1. The maximum Gasteiger partial charge on any atom is 0.290 e. The number of carbonyl (C=O) groups is 2. The third-order valence-electron chi connectivity index (χ3n) is 6.49. The Morgan fingerprint density at radius 2 is 1.89 bits per heavy atom. The molecule has 0 radical (unpaired) electrons. The Hall–Kier alpha value is -4.13. The van der Waals surface area contributed by atoms with Crippen molar-refractivity contribution < 1.29 is 19.1 Å². The normalized spacial score (nSPS) is 16.1. The van der Waals surface area contributed by atoms with Crippen molar-refractivity contribution in [1.82, 2.24) is 14.5 Å². The van der Waals surface area contributed by atoms with E-state index in [4.69, 9.17) is 4.42 Å². The number of nitrogens with zero attached hydrogens (tertiary/aromatic N) is 3. The maximum absolute atomic E-state index is 13.6. The van der Waals surface area contributed by atoms with Crippen LogP contribution in [0.15, 0.2) is 89.1 Å². The highest BCUT2D eigenvalue weighted by Gasteiger charge is 2.44. The summed E-state index contributed by atoms with van der Waals surface area (Å²) in [5.74, 6) is -1.10. The van der Waals surface area contributed by atoms with Crippen LogP contribution in [0.25, 0.3) is 11.0 Å². The zero-order valence-electron chi connectivity index (χ0n) is 19.7. The van der Waals surface area contributed by atoms with E-state index in [9.17, 15) is 14.7 Å². The van der Waals surface area contributed by atoms with Crippen LogP contribution in [0.2, 0.25) is 0 Å². The van der Waals surface area contributed by atoms with Gasteiger partial charge in [0.2, 0.25) is 5.78 Å². The topological polar surface area (TPSA) is 88.6 Å². The Bertz CT molecular complexity index is 1360. The molecule has 4 aromatic rings. The predicted molar refractivity (Wildman–Crippen MR) is 132 cm³/mol. The van der Waals surface area contributed by atoms with Crippen LogP contribution in [-0.4, -0.2) is 37.8 Å². The van der Waals surface area contributed by atoms with E-state index in [1.165, 1.54) is 0 Å². The van der Waals surface area contributed by atoms with Gasteiger partial charge in [-0.25, -0.2) is 4.98 Å². The van der Waals surface area contributed by atoms with Crippen LogP contribution >= 0.6 is 0 Å². The average molecular weight is 470 g/mol. The smallest absolute Gasteiger partial charge is 0.290 e. The van der Waals surface area contributed by atoms with Crippen molar-refractivity contribution in [3.63, 3.8) is 0 Å². The third-order valence-corrected chi connectivity index (χ3v) is 6.49. The lowest BCUT2D eigenvalue weighted by Crippen LogP contribution is -2.32. The molecule has 3 heterocycles. The summed E-state index contributed by atoms with van der Waals surface area (Å²) in [5, 5.41) is 11.7. The summed E-state index contributed by atoms with van der Waals surface area (Å²) in [6, 6.07) is 16.2. The molecular weight excluding hydrogens is 442 g/mol. The number of amides is 1. The first-order chi connectivity index (χ1) is 16.9. The van der Waals surface area contributed by atoms with Crippen LogP contribution < -0.4 is 0 Å². The Labute approximate surface area is 203 Å². The molecule has 1 aliphatic heterocycles. The van der Waals surface area contributed by atoms with E-state index in [1.54, 1.807) is 29.6 Å². The van der Waals surface area contributed by atoms with Crippen molar-refractivity contribution in [2.24, 2.45) is 0 Å². The molecule has 0 spiro atoms. The van der Waals surface area contributed by atoms with Crippen molar-refractivity contribution in [3.05, 3.63) is 102 Å². The molecule has 1 unspecified atom stereocenters. The van der Waals surface area contributed by atoms with Gasteiger partial charge < -0.3 is 19.0 Å². The Balaban J connectivity index is 1.50. The number of para-hydroxylation sites is 1. The van der Waals surface area contributed by atoms with Gasteiger partial charge in [-0.15, -0.1) is 0 Å². The lowest BCUT2D eigenvalue weighted by atomic mass is 9.93. The molecule has 0 aliphatic carbocycles. The molecule has 5 rings (SSSR count). The zero-order chi connectivity index (χ0) is 24.5. The van der Waals surface area contributed by atoms with Gasteiger partial charge >= 0.3 is 0 Å². The molecule has 1 amide bonds. The molecule has 35 heavy (non-hydrogen) atoms. The lowest BCUT2D eigenvalue weighted by molar-refractivity contribution is -0.129. The minimum absolute atomic E-state index is 0.0500. The summed E-state index contributed by atoms with van der Waals surface area (Å²) >= 11 is 0. The number of aryl methyl sites for hydroxylation is 1. The number of hydrogen-bond donors (Lipinski definition) is 1. The Morgan fingerprint density at radius 3 is 2.57 bits per heavy atom. The largest absolute Gasteiger partial charge is 0.503 e. The molecule has 1 N–H and O–H groups in total. The molecular formula is C28H27N3O4. The predicted octanol–water partition coefficient (Wildman–Crippen LogP) is 5.42. The van der Waals surface area contributed by atoms with Gasteiger partial charge in [0, 0.05) is 30.9 Å². The number of benzene rings is 2. The van der Waals surface area contributed by atoms with Crippen molar-refractivity contribution in [1.29, 1.82) is 0 Å². The number of aliphatic hydroxyl groups excluding tert-OH is 1. The van der Waals surface area contributed by atoms with Gasteiger partial charge in [0.15, 0.2) is 11.5 Å². The molecule has 7 nitrogen and oxygen atoms in total. The molecule has 1 aliphatic rings. The number of carbonyl (C=O) groups excluding carboxylic acids is 2. The minimum atomic E-state index is -0.702. The van der Waals surface area contributed by atoms with Gasteiger partial charge in [-0.3, -0.25) is 9.59 Å². The average Bonchev–Trinajstić information content (AvgIpc) is 3.59. The molecule has 7 heteroatoms. The second-order valence-electron chi connectivity index (χ2n) is 9.12. The number of imidazole rings is 1. The monoisotopic (exact) mass is 469 g/mol. The second kappa shape index (κ2) is 9.25. The van der Waals surface area contributed by atoms with E-state index in [1.807, 2.05) is 53.2 Å². The van der Waals surface area contributed by atoms with Crippen molar-refractivity contribution in [2.75, 3.05) is 6.54 Å². The molecule has 178 valence electrons. The molecule has 1 atom stereocenters. The zero-order valence-corrected chi connectivity index (χ0v) is 19.7. The van der Waals surface area contributed by atoms with Crippen molar-refractivity contribution >= 4 is 22.7 Å². The van der Waals surface area contributed by atoms with Crippen LogP contribution in [0, 0.1) is 0 Å². The maximum atomic E-state index is 13.6. The van der Waals surface area contributed by atoms with Gasteiger partial charge in [-0.05, 0) is 35.6 Å². The first kappa shape index (κ1) is 22.7. The second-order valence-corrected chi connectivity index (χ2v) is 9.12. The highest BCUT2D eigenvalue weighted by Crippen LogP contribution is 2.40. The van der Waals surface area contributed by atoms with Gasteiger partial charge in [0.05, 0.1) is 17.9 Å². The molecule has 2 aromatic heterocycles. The summed E-state index contributed by atoms with van der Waals surface area (Å²) in [4.78, 5) is 32.5. The van der Waals surface area contributed by atoms with Gasteiger partial charge in [0.25, 0.3) is 5.91 Å². The Morgan fingerprint density at radius 1 is 1.11 bits per heavy atom. The molecule has 0 saturated heterocycles. The first-order valence-corrected chi connectivity index (χ1v) is 11.8. The van der Waals surface area contributed by atoms with E-state index in [2.05, 4.69) is 18.8 Å². The quantitative estimate of drug-likeness (QED) is 0.348. The number of Topliss-reactive ketones (excluding diaryl/α,β-unsaturated/α-hetero) is 1. The van der Waals surface area contributed by atoms with Crippen LogP contribution in [0.3, 0.4) is 0 Å². The van der Waals surface area contributed by atoms with Crippen LogP contribution in [-0.2, 0) is 11.3 Å². The minimum Gasteiger partial charge on any atom is -0.503 e. The van der Waals surface area contributed by atoms with E-state index in [-0.39, 0.29) is 11.3 Å². The van der Waals surface area contributed by atoms with Crippen LogP contribution in [0.4, 0.5) is 0 Å². The number of aliphatic hydroxyl groups is 1. The number of hydrogen-bond acceptors (Lipinski definition) is 5. The summed E-state index contributed by atoms with van der Waals surface area (Å²) in [6.45, 7) is 5.25. The fourth-order valence-corrected chi connectivity index (χ4v) is 4.60. The molecule has 2 aromatic carbocycles. The molecule has 0 fully saturated rings.